The van der Waals surface area contributed by atoms with Gasteiger partial charge in [-0.05, 0) is 38.0 Å². The molecule has 1 saturated carbocycles. The van der Waals surface area contributed by atoms with E-state index in [-0.39, 0.29) is 17.9 Å². The van der Waals surface area contributed by atoms with Gasteiger partial charge >= 0.3 is 0 Å². The maximum atomic E-state index is 11.6. The Morgan fingerprint density at radius 2 is 2.18 bits per heavy atom. The molecule has 1 aromatic carbocycles. The molecule has 1 fully saturated rings. The van der Waals surface area contributed by atoms with Crippen molar-refractivity contribution in [2.75, 3.05) is 17.2 Å². The quantitative estimate of drug-likeness (QED) is 0.726. The highest BCUT2D eigenvalue weighted by molar-refractivity contribution is 5.94. The van der Waals surface area contributed by atoms with Gasteiger partial charge in [-0.15, -0.1) is 0 Å². The number of anilines is 2. The van der Waals surface area contributed by atoms with Crippen molar-refractivity contribution in [1.82, 2.24) is 0 Å². The van der Waals surface area contributed by atoms with Crippen LogP contribution in [0.4, 0.5) is 11.4 Å². The van der Waals surface area contributed by atoms with Crippen molar-refractivity contribution in [1.29, 1.82) is 0 Å². The van der Waals surface area contributed by atoms with Gasteiger partial charge < -0.3 is 16.4 Å². The summed E-state index contributed by atoms with van der Waals surface area (Å²) in [5.74, 6) is 0.364. The number of carbonyl (C=O) groups excluding carboxylic acids is 1. The minimum Gasteiger partial charge on any atom is -0.381 e. The maximum absolute atomic E-state index is 11.6. The lowest BCUT2D eigenvalue weighted by atomic mass is 10.2. The van der Waals surface area contributed by atoms with Crippen LogP contribution >= 0.6 is 0 Å². The Kier molecular flexibility index (Phi) is 3.64. The van der Waals surface area contributed by atoms with E-state index in [0.29, 0.717) is 6.54 Å². The molecule has 0 aromatic heterocycles. The average molecular weight is 233 g/mol. The third kappa shape index (κ3) is 3.46. The van der Waals surface area contributed by atoms with E-state index in [1.807, 2.05) is 31.2 Å². The topological polar surface area (TPSA) is 67.2 Å². The molecule has 2 rings (SSSR count). The molecule has 1 amide bonds. The lowest BCUT2D eigenvalue weighted by Gasteiger charge is -2.14. The molecule has 1 aliphatic rings. The summed E-state index contributed by atoms with van der Waals surface area (Å²) in [7, 11) is 0. The summed E-state index contributed by atoms with van der Waals surface area (Å²) < 4.78 is 0. The first-order chi connectivity index (χ1) is 8.19. The lowest BCUT2D eigenvalue weighted by molar-refractivity contribution is -0.117. The highest BCUT2D eigenvalue weighted by Gasteiger charge is 2.29. The average Bonchev–Trinajstić information content (AvgIpc) is 3.13. The van der Waals surface area contributed by atoms with Crippen LogP contribution in [0.3, 0.4) is 0 Å². The second-order valence-corrected chi connectivity index (χ2v) is 4.63. The van der Waals surface area contributed by atoms with Crippen LogP contribution in [0, 0.1) is 5.92 Å². The molecule has 1 atom stereocenters. The van der Waals surface area contributed by atoms with Gasteiger partial charge in [-0.2, -0.15) is 0 Å². The minimum absolute atomic E-state index is 0.133. The van der Waals surface area contributed by atoms with E-state index in [2.05, 4.69) is 10.6 Å². The molecule has 1 aromatic rings. The Morgan fingerprint density at radius 3 is 2.82 bits per heavy atom. The summed E-state index contributed by atoms with van der Waals surface area (Å²) in [6.07, 6.45) is 2.04. The summed E-state index contributed by atoms with van der Waals surface area (Å²) in [5.41, 5.74) is 7.38. The normalized spacial score (nSPS) is 16.4. The van der Waals surface area contributed by atoms with Crippen molar-refractivity contribution in [2.45, 2.75) is 25.8 Å². The molecule has 0 aliphatic heterocycles. The van der Waals surface area contributed by atoms with Gasteiger partial charge in [0.05, 0.1) is 0 Å². The number of amides is 1. The van der Waals surface area contributed by atoms with Crippen LogP contribution in [0.25, 0.3) is 0 Å². The Balaban J connectivity index is 1.97. The van der Waals surface area contributed by atoms with Crippen molar-refractivity contribution in [2.24, 2.45) is 11.7 Å². The van der Waals surface area contributed by atoms with Gasteiger partial charge in [-0.3, -0.25) is 4.79 Å². The van der Waals surface area contributed by atoms with E-state index in [0.717, 1.165) is 24.2 Å². The molecular weight excluding hydrogens is 214 g/mol. The molecule has 4 N–H and O–H groups in total. The number of rotatable bonds is 5. The van der Waals surface area contributed by atoms with Gasteiger partial charge in [0.25, 0.3) is 0 Å². The van der Waals surface area contributed by atoms with Crippen LogP contribution in [0.1, 0.15) is 19.8 Å². The van der Waals surface area contributed by atoms with Gasteiger partial charge in [-0.25, -0.2) is 0 Å². The lowest BCUT2D eigenvalue weighted by Crippen LogP contribution is -2.25. The third-order valence-electron chi connectivity index (χ3n) is 2.84. The first-order valence-corrected chi connectivity index (χ1v) is 6.06. The van der Waals surface area contributed by atoms with Gasteiger partial charge in [0, 0.05) is 29.9 Å². The molecule has 0 saturated heterocycles. The van der Waals surface area contributed by atoms with E-state index in [9.17, 15) is 4.79 Å². The van der Waals surface area contributed by atoms with Crippen molar-refractivity contribution in [3.63, 3.8) is 0 Å². The van der Waals surface area contributed by atoms with Crippen molar-refractivity contribution >= 4 is 17.3 Å². The van der Waals surface area contributed by atoms with E-state index >= 15 is 0 Å². The molecule has 1 aliphatic carbocycles. The van der Waals surface area contributed by atoms with Crippen LogP contribution < -0.4 is 16.4 Å². The Labute approximate surface area is 102 Å². The zero-order valence-electron chi connectivity index (χ0n) is 10.1. The van der Waals surface area contributed by atoms with E-state index in [1.54, 1.807) is 0 Å². The summed E-state index contributed by atoms with van der Waals surface area (Å²) in [6, 6.07) is 7.96. The number of nitrogens with two attached hydrogens (primary N) is 1. The fourth-order valence-electron chi connectivity index (χ4n) is 1.62. The molecule has 0 bridgehead atoms. The number of hydrogen-bond donors (Lipinski definition) is 3. The number of nitrogens with one attached hydrogen (secondary N) is 2. The summed E-state index contributed by atoms with van der Waals surface area (Å²) in [4.78, 5) is 11.6. The Bertz CT molecular complexity index is 401. The number of carbonyl (C=O) groups is 1. The second kappa shape index (κ2) is 5.19. The van der Waals surface area contributed by atoms with E-state index in [1.165, 1.54) is 0 Å². The summed E-state index contributed by atoms with van der Waals surface area (Å²) in [5, 5.41) is 6.20. The highest BCUT2D eigenvalue weighted by Crippen LogP contribution is 2.30. The predicted molar refractivity (Wildman–Crippen MR) is 69.9 cm³/mol. The Morgan fingerprint density at radius 1 is 1.47 bits per heavy atom. The second-order valence-electron chi connectivity index (χ2n) is 4.63. The molecule has 4 nitrogen and oxygen atoms in total. The summed E-state index contributed by atoms with van der Waals surface area (Å²) in [6.45, 7) is 2.61. The standard InChI is InChI=1S/C13H19N3O/c1-9(8-14)15-11-3-2-4-12(7-11)16-13(17)10-5-6-10/h2-4,7,9-10,15H,5-6,8,14H2,1H3,(H,16,17). The SMILES string of the molecule is CC(CN)Nc1cccc(NC(=O)C2CC2)c1. The van der Waals surface area contributed by atoms with Gasteiger partial charge in [0.15, 0.2) is 0 Å². The zero-order chi connectivity index (χ0) is 12.3. The molecule has 92 valence electrons. The first-order valence-electron chi connectivity index (χ1n) is 6.06. The van der Waals surface area contributed by atoms with E-state index < -0.39 is 0 Å². The molecular formula is C13H19N3O. The molecule has 17 heavy (non-hydrogen) atoms. The van der Waals surface area contributed by atoms with Crippen LogP contribution in [-0.4, -0.2) is 18.5 Å². The molecule has 1 unspecified atom stereocenters. The van der Waals surface area contributed by atoms with Gasteiger partial charge in [0.2, 0.25) is 5.91 Å². The molecule has 0 spiro atoms. The van der Waals surface area contributed by atoms with Crippen molar-refractivity contribution < 1.29 is 4.79 Å². The van der Waals surface area contributed by atoms with Gasteiger partial charge in [0.1, 0.15) is 0 Å². The molecule has 0 radical (unpaired) electrons. The monoisotopic (exact) mass is 233 g/mol. The maximum Gasteiger partial charge on any atom is 0.227 e. The minimum atomic E-state index is 0.133. The Hall–Kier alpha value is -1.55. The smallest absolute Gasteiger partial charge is 0.227 e. The van der Waals surface area contributed by atoms with Crippen LogP contribution in [0.2, 0.25) is 0 Å². The van der Waals surface area contributed by atoms with E-state index in [4.69, 9.17) is 5.73 Å². The molecule has 4 heteroatoms. The predicted octanol–water partition coefficient (Wildman–Crippen LogP) is 1.79. The van der Waals surface area contributed by atoms with Crippen molar-refractivity contribution in [3.8, 4) is 0 Å². The van der Waals surface area contributed by atoms with Gasteiger partial charge in [-0.1, -0.05) is 6.07 Å². The largest absolute Gasteiger partial charge is 0.381 e. The van der Waals surface area contributed by atoms with Crippen molar-refractivity contribution in [3.05, 3.63) is 24.3 Å². The van der Waals surface area contributed by atoms with Crippen LogP contribution in [-0.2, 0) is 4.79 Å². The first kappa shape index (κ1) is 11.9. The summed E-state index contributed by atoms with van der Waals surface area (Å²) >= 11 is 0. The van der Waals surface area contributed by atoms with Crippen LogP contribution in [0.5, 0.6) is 0 Å². The number of benzene rings is 1. The fourth-order valence-corrected chi connectivity index (χ4v) is 1.62. The number of hydrogen-bond acceptors (Lipinski definition) is 3. The van der Waals surface area contributed by atoms with Crippen LogP contribution in [0.15, 0.2) is 24.3 Å². The highest BCUT2D eigenvalue weighted by atomic mass is 16.2. The third-order valence-corrected chi connectivity index (χ3v) is 2.84. The zero-order valence-corrected chi connectivity index (χ0v) is 10.1. The fraction of sp³-hybridized carbons (Fsp3) is 0.462. The molecule has 0 heterocycles.